The second-order valence-corrected chi connectivity index (χ2v) is 15.7. The van der Waals surface area contributed by atoms with Gasteiger partial charge in [-0.15, -0.1) is 0 Å². The topological polar surface area (TPSA) is 6.48 Å². The van der Waals surface area contributed by atoms with E-state index in [2.05, 4.69) is 240 Å². The van der Waals surface area contributed by atoms with Crippen molar-refractivity contribution >= 4 is 55.7 Å². The average molecular weight is 751 g/mol. The first kappa shape index (κ1) is 33.5. The monoisotopic (exact) mass is 750 g/mol. The molecule has 1 atom stereocenters. The molecule has 2 aliphatic carbocycles. The van der Waals surface area contributed by atoms with E-state index in [1.165, 1.54) is 66.1 Å². The maximum atomic E-state index is 2.48. The summed E-state index contributed by atoms with van der Waals surface area (Å²) in [5.41, 5.74) is 16.6. The van der Waals surface area contributed by atoms with Crippen LogP contribution < -0.4 is 9.80 Å². The molecule has 2 nitrogen and oxygen atoms in total. The Morgan fingerprint density at radius 1 is 0.254 bits per heavy atom. The van der Waals surface area contributed by atoms with Gasteiger partial charge in [-0.1, -0.05) is 164 Å². The molecular weight excluding hydrogens is 713 g/mol. The van der Waals surface area contributed by atoms with Crippen molar-refractivity contribution in [3.05, 3.63) is 253 Å². The van der Waals surface area contributed by atoms with Gasteiger partial charge in [0.25, 0.3) is 0 Å². The summed E-state index contributed by atoms with van der Waals surface area (Å²) in [7, 11) is 0. The lowest BCUT2D eigenvalue weighted by Crippen LogP contribution is -2.26. The highest BCUT2D eigenvalue weighted by atomic mass is 15.1. The fourth-order valence-electron chi connectivity index (χ4n) is 10.1. The summed E-state index contributed by atoms with van der Waals surface area (Å²) >= 11 is 0. The van der Waals surface area contributed by atoms with Crippen LogP contribution in [0.5, 0.6) is 0 Å². The number of rotatable bonds is 6. The first-order chi connectivity index (χ1) is 29.3. The molecule has 0 saturated heterocycles. The number of hydrogen-bond acceptors (Lipinski definition) is 2. The van der Waals surface area contributed by atoms with Gasteiger partial charge in [0.1, 0.15) is 0 Å². The Hall–Kier alpha value is -7.68. The molecule has 1 unspecified atom stereocenters. The van der Waals surface area contributed by atoms with Gasteiger partial charge in [-0.2, -0.15) is 0 Å². The third-order valence-corrected chi connectivity index (χ3v) is 12.6. The molecule has 0 aliphatic heterocycles. The highest BCUT2D eigenvalue weighted by Crippen LogP contribution is 2.65. The molecule has 0 fully saturated rings. The molecule has 12 rings (SSSR count). The van der Waals surface area contributed by atoms with Gasteiger partial charge in [0, 0.05) is 34.0 Å². The van der Waals surface area contributed by atoms with E-state index in [-0.39, 0.29) is 0 Å². The largest absolute Gasteiger partial charge is 0.310 e. The van der Waals surface area contributed by atoms with Gasteiger partial charge in [-0.05, 0) is 127 Å². The van der Waals surface area contributed by atoms with Gasteiger partial charge in [0.2, 0.25) is 0 Å². The van der Waals surface area contributed by atoms with Gasteiger partial charge in [0.15, 0.2) is 0 Å². The normalized spacial score (nSPS) is 14.5. The first-order valence-electron chi connectivity index (χ1n) is 20.4. The molecule has 2 aliphatic rings. The number of hydrogen-bond donors (Lipinski definition) is 0. The van der Waals surface area contributed by atoms with Crippen LogP contribution in [-0.2, 0) is 5.41 Å². The van der Waals surface area contributed by atoms with Crippen molar-refractivity contribution in [1.82, 2.24) is 0 Å². The van der Waals surface area contributed by atoms with Gasteiger partial charge < -0.3 is 9.80 Å². The van der Waals surface area contributed by atoms with Crippen molar-refractivity contribution < 1.29 is 0 Å². The van der Waals surface area contributed by atoms with Crippen LogP contribution in [0.1, 0.15) is 22.3 Å². The van der Waals surface area contributed by atoms with Crippen molar-refractivity contribution in [1.29, 1.82) is 0 Å². The molecule has 0 radical (unpaired) electrons. The molecule has 0 saturated carbocycles. The smallest absolute Gasteiger partial charge is 0.0727 e. The second-order valence-electron chi connectivity index (χ2n) is 15.7. The quantitative estimate of drug-likeness (QED) is 0.167. The molecule has 0 aromatic heterocycles. The summed E-state index contributed by atoms with van der Waals surface area (Å²) in [5.74, 6) is 0. The maximum Gasteiger partial charge on any atom is 0.0727 e. The van der Waals surface area contributed by atoms with E-state index < -0.39 is 5.41 Å². The summed E-state index contributed by atoms with van der Waals surface area (Å²) in [6, 6.07) is 84.9. The summed E-state index contributed by atoms with van der Waals surface area (Å²) in [6.07, 6.45) is 0. The standard InChI is InChI=1S/C57H38N2/c1-3-20-43(21-4-1)58(45-32-30-39-16-7-9-18-41(39)36-45)47-34-35-49-48-24-11-13-26-51(48)57(54(49)38-47)52-27-14-12-25-50(52)56-53(57)28-15-29-55(56)59(44-22-5-2-6-23-44)46-33-31-40-17-8-10-19-42(40)37-46/h1-38H. The van der Waals surface area contributed by atoms with Crippen LogP contribution in [0.4, 0.5) is 34.1 Å². The van der Waals surface area contributed by atoms with Crippen LogP contribution in [0.2, 0.25) is 0 Å². The van der Waals surface area contributed by atoms with Gasteiger partial charge in [0.05, 0.1) is 11.1 Å². The highest BCUT2D eigenvalue weighted by molar-refractivity contribution is 6.02. The number of anilines is 6. The van der Waals surface area contributed by atoms with Crippen LogP contribution in [0.15, 0.2) is 231 Å². The van der Waals surface area contributed by atoms with Crippen LogP contribution >= 0.6 is 0 Å². The fourth-order valence-corrected chi connectivity index (χ4v) is 10.1. The lowest BCUT2D eigenvalue weighted by Gasteiger charge is -2.33. The Morgan fingerprint density at radius 2 is 0.712 bits per heavy atom. The first-order valence-corrected chi connectivity index (χ1v) is 20.4. The molecule has 2 heteroatoms. The number of para-hydroxylation sites is 2. The lowest BCUT2D eigenvalue weighted by molar-refractivity contribution is 0.793. The van der Waals surface area contributed by atoms with Crippen molar-refractivity contribution in [2.24, 2.45) is 0 Å². The zero-order valence-electron chi connectivity index (χ0n) is 32.3. The molecule has 59 heavy (non-hydrogen) atoms. The van der Waals surface area contributed by atoms with E-state index in [4.69, 9.17) is 0 Å². The lowest BCUT2D eigenvalue weighted by atomic mass is 9.70. The maximum absolute atomic E-state index is 2.48. The summed E-state index contributed by atoms with van der Waals surface area (Å²) in [5, 5.41) is 4.90. The Labute approximate surface area is 344 Å². The minimum absolute atomic E-state index is 0.540. The zero-order valence-corrected chi connectivity index (χ0v) is 32.3. The van der Waals surface area contributed by atoms with Crippen LogP contribution in [0.3, 0.4) is 0 Å². The number of fused-ring (bicyclic) bond motifs is 12. The molecule has 0 heterocycles. The fraction of sp³-hybridized carbons (Fsp3) is 0.0175. The Balaban J connectivity index is 1.13. The van der Waals surface area contributed by atoms with Gasteiger partial charge in [-0.3, -0.25) is 0 Å². The Kier molecular flexibility index (Phi) is 7.48. The van der Waals surface area contributed by atoms with E-state index in [0.29, 0.717) is 0 Å². The predicted molar refractivity (Wildman–Crippen MR) is 247 cm³/mol. The molecule has 276 valence electrons. The van der Waals surface area contributed by atoms with E-state index in [1.54, 1.807) is 0 Å². The minimum Gasteiger partial charge on any atom is -0.310 e. The number of nitrogens with zero attached hydrogens (tertiary/aromatic N) is 2. The van der Waals surface area contributed by atoms with Crippen LogP contribution in [0.25, 0.3) is 43.8 Å². The van der Waals surface area contributed by atoms with Crippen LogP contribution in [0, 0.1) is 0 Å². The number of benzene rings is 10. The summed E-state index contributed by atoms with van der Waals surface area (Å²) in [6.45, 7) is 0. The average Bonchev–Trinajstić information content (AvgIpc) is 3.77. The van der Waals surface area contributed by atoms with E-state index in [1.807, 2.05) is 0 Å². The second kappa shape index (κ2) is 13.2. The Bertz CT molecular complexity index is 3240. The van der Waals surface area contributed by atoms with E-state index >= 15 is 0 Å². The van der Waals surface area contributed by atoms with Crippen molar-refractivity contribution in [2.45, 2.75) is 5.41 Å². The van der Waals surface area contributed by atoms with Gasteiger partial charge >= 0.3 is 0 Å². The zero-order chi connectivity index (χ0) is 38.9. The van der Waals surface area contributed by atoms with Crippen molar-refractivity contribution in [2.75, 3.05) is 9.80 Å². The van der Waals surface area contributed by atoms with Crippen molar-refractivity contribution in [3.8, 4) is 22.3 Å². The molecule has 0 bridgehead atoms. The van der Waals surface area contributed by atoms with Crippen LogP contribution in [-0.4, -0.2) is 0 Å². The SMILES string of the molecule is c1ccc(N(c2ccc3c(c2)C2(c4ccccc4-3)c3ccccc3-c3c(N(c4ccccc4)c4ccc5ccccc5c4)cccc32)c2ccc3ccccc3c2)cc1. The molecule has 10 aromatic carbocycles. The summed E-state index contributed by atoms with van der Waals surface area (Å²) in [4.78, 5) is 4.87. The van der Waals surface area contributed by atoms with Gasteiger partial charge in [-0.25, -0.2) is 0 Å². The van der Waals surface area contributed by atoms with Crippen molar-refractivity contribution in [3.63, 3.8) is 0 Å². The third-order valence-electron chi connectivity index (χ3n) is 12.6. The Morgan fingerprint density at radius 3 is 1.37 bits per heavy atom. The van der Waals surface area contributed by atoms with E-state index in [0.717, 1.165) is 34.1 Å². The highest BCUT2D eigenvalue weighted by Gasteiger charge is 2.52. The minimum atomic E-state index is -0.540. The summed E-state index contributed by atoms with van der Waals surface area (Å²) < 4.78 is 0. The molecule has 0 amide bonds. The molecule has 0 N–H and O–H groups in total. The molecule has 10 aromatic rings. The third kappa shape index (κ3) is 5.00. The molecular formula is C57H38N2. The predicted octanol–water partition coefficient (Wildman–Crippen LogP) is 15.3. The van der Waals surface area contributed by atoms with E-state index in [9.17, 15) is 0 Å². The molecule has 1 spiro atoms.